The van der Waals surface area contributed by atoms with Gasteiger partial charge in [-0.3, -0.25) is 4.79 Å². The fourth-order valence-corrected chi connectivity index (χ4v) is 6.17. The number of carbonyl (C=O) groups excluding carboxylic acids is 1. The van der Waals surface area contributed by atoms with E-state index in [9.17, 15) is 9.90 Å². The predicted molar refractivity (Wildman–Crippen MR) is 82.6 cm³/mol. The third-order valence-electron chi connectivity index (χ3n) is 7.51. The third-order valence-corrected chi connectivity index (χ3v) is 7.51. The van der Waals surface area contributed by atoms with Crippen molar-refractivity contribution in [1.82, 2.24) is 0 Å². The van der Waals surface area contributed by atoms with E-state index in [4.69, 9.17) is 0 Å². The lowest BCUT2D eigenvalue weighted by atomic mass is 9.48. The van der Waals surface area contributed by atoms with Crippen LogP contribution in [-0.2, 0) is 4.79 Å². The highest BCUT2D eigenvalue weighted by Crippen LogP contribution is 2.64. The Hall–Kier alpha value is -0.890. The van der Waals surface area contributed by atoms with Crippen LogP contribution in [0.4, 0.5) is 0 Å². The molecular formula is C19H26O2. The summed E-state index contributed by atoms with van der Waals surface area (Å²) in [6, 6.07) is 0. The van der Waals surface area contributed by atoms with E-state index in [1.54, 1.807) is 6.08 Å². The van der Waals surface area contributed by atoms with Gasteiger partial charge in [-0.2, -0.15) is 0 Å². The van der Waals surface area contributed by atoms with E-state index in [1.165, 1.54) is 24.8 Å². The predicted octanol–water partition coefficient (Wildman–Crippen LogP) is 3.66. The molecule has 0 bridgehead atoms. The van der Waals surface area contributed by atoms with E-state index in [-0.39, 0.29) is 22.7 Å². The summed E-state index contributed by atoms with van der Waals surface area (Å²) in [4.78, 5) is 11.7. The van der Waals surface area contributed by atoms with Crippen LogP contribution in [0.5, 0.6) is 0 Å². The summed E-state index contributed by atoms with van der Waals surface area (Å²) in [6.45, 7) is 4.66. The molecule has 21 heavy (non-hydrogen) atoms. The van der Waals surface area contributed by atoms with Crippen LogP contribution in [0.2, 0.25) is 0 Å². The normalized spacial score (nSPS) is 52.0. The fourth-order valence-electron chi connectivity index (χ4n) is 6.17. The van der Waals surface area contributed by atoms with E-state index in [0.29, 0.717) is 11.8 Å². The van der Waals surface area contributed by atoms with Crippen LogP contribution in [-0.4, -0.2) is 17.0 Å². The number of fused-ring (bicyclic) bond motifs is 5. The molecule has 0 aromatic heterocycles. The summed E-state index contributed by atoms with van der Waals surface area (Å²) in [5.74, 6) is 2.22. The molecular weight excluding hydrogens is 260 g/mol. The minimum atomic E-state index is -0.100. The highest BCUT2D eigenvalue weighted by Gasteiger charge is 2.58. The first-order valence-electron chi connectivity index (χ1n) is 8.57. The lowest BCUT2D eigenvalue weighted by Crippen LogP contribution is -2.50. The maximum atomic E-state index is 11.7. The molecule has 0 heterocycles. The highest BCUT2D eigenvalue weighted by molar-refractivity contribution is 6.01. The second kappa shape index (κ2) is 4.32. The average Bonchev–Trinajstić information content (AvgIpc) is 2.76. The molecule has 2 nitrogen and oxygen atoms in total. The quantitative estimate of drug-likeness (QED) is 0.738. The van der Waals surface area contributed by atoms with Gasteiger partial charge in [-0.1, -0.05) is 25.5 Å². The van der Waals surface area contributed by atoms with Crippen LogP contribution in [0.3, 0.4) is 0 Å². The SMILES string of the molecule is C[C@]12CC[C@H]3[C@@H](CCC4=CC(=O)C=C[C@@]43C)[C@H]1CC[C@@H]2O. The number of aliphatic hydroxyl groups is 1. The standard InChI is InChI=1S/C19H26O2/c1-18-9-7-13(20)11-12(18)3-4-14-15-5-6-17(21)19(15,2)10-8-16(14)18/h7,9,11,14-17,21H,3-6,8,10H2,1-2H3/t14-,15+,16-,17-,18-,19-/m0/s1. The Morgan fingerprint density at radius 1 is 1.14 bits per heavy atom. The van der Waals surface area contributed by atoms with Crippen molar-refractivity contribution in [3.05, 3.63) is 23.8 Å². The van der Waals surface area contributed by atoms with Crippen LogP contribution >= 0.6 is 0 Å². The lowest BCUT2D eigenvalue weighted by molar-refractivity contribution is -0.111. The van der Waals surface area contributed by atoms with Crippen LogP contribution < -0.4 is 0 Å². The van der Waals surface area contributed by atoms with E-state index in [0.717, 1.165) is 25.2 Å². The molecule has 0 spiro atoms. The monoisotopic (exact) mass is 286 g/mol. The zero-order chi connectivity index (χ0) is 14.8. The van der Waals surface area contributed by atoms with Gasteiger partial charge in [0.15, 0.2) is 5.78 Å². The third kappa shape index (κ3) is 1.72. The maximum Gasteiger partial charge on any atom is 0.178 e. The number of hydrogen-bond donors (Lipinski definition) is 1. The molecule has 1 N–H and O–H groups in total. The van der Waals surface area contributed by atoms with E-state index in [1.807, 2.05) is 6.08 Å². The maximum absolute atomic E-state index is 11.7. The fraction of sp³-hybridized carbons (Fsp3) is 0.737. The molecule has 114 valence electrons. The molecule has 3 saturated carbocycles. The van der Waals surface area contributed by atoms with Crippen molar-refractivity contribution in [3.8, 4) is 0 Å². The minimum absolute atomic E-state index is 0.0890. The molecule has 6 atom stereocenters. The number of rotatable bonds is 0. The molecule has 4 aliphatic carbocycles. The Kier molecular flexibility index (Phi) is 2.83. The largest absolute Gasteiger partial charge is 0.393 e. The molecule has 0 aromatic rings. The molecule has 4 aliphatic rings. The van der Waals surface area contributed by atoms with Gasteiger partial charge < -0.3 is 5.11 Å². The summed E-state index contributed by atoms with van der Waals surface area (Å²) >= 11 is 0. The molecule has 2 heteroatoms. The Labute approximate surface area is 127 Å². The lowest BCUT2D eigenvalue weighted by Gasteiger charge is -2.56. The van der Waals surface area contributed by atoms with E-state index >= 15 is 0 Å². The summed E-state index contributed by atoms with van der Waals surface area (Å²) in [7, 11) is 0. The van der Waals surface area contributed by atoms with Gasteiger partial charge in [0.05, 0.1) is 6.10 Å². The Bertz CT molecular complexity index is 546. The van der Waals surface area contributed by atoms with Crippen LogP contribution in [0.25, 0.3) is 0 Å². The van der Waals surface area contributed by atoms with Crippen molar-refractivity contribution >= 4 is 5.78 Å². The Morgan fingerprint density at radius 2 is 1.95 bits per heavy atom. The van der Waals surface area contributed by atoms with Gasteiger partial charge in [0.1, 0.15) is 0 Å². The minimum Gasteiger partial charge on any atom is -0.393 e. The van der Waals surface area contributed by atoms with Crippen LogP contribution in [0.1, 0.15) is 52.4 Å². The topological polar surface area (TPSA) is 37.3 Å². The first kappa shape index (κ1) is 13.8. The van der Waals surface area contributed by atoms with Crippen LogP contribution in [0, 0.1) is 28.6 Å². The van der Waals surface area contributed by atoms with E-state index in [2.05, 4.69) is 19.9 Å². The van der Waals surface area contributed by atoms with Crippen molar-refractivity contribution in [2.45, 2.75) is 58.5 Å². The van der Waals surface area contributed by atoms with E-state index < -0.39 is 0 Å². The number of ketones is 1. The number of aliphatic hydroxyl groups excluding tert-OH is 1. The van der Waals surface area contributed by atoms with Crippen molar-refractivity contribution < 1.29 is 9.90 Å². The zero-order valence-corrected chi connectivity index (χ0v) is 13.1. The van der Waals surface area contributed by atoms with Crippen LogP contribution in [0.15, 0.2) is 23.8 Å². The first-order chi connectivity index (χ1) is 9.95. The Balaban J connectivity index is 1.70. The van der Waals surface area contributed by atoms with Gasteiger partial charge in [-0.15, -0.1) is 0 Å². The molecule has 0 aliphatic heterocycles. The van der Waals surface area contributed by atoms with Gasteiger partial charge in [0.2, 0.25) is 0 Å². The van der Waals surface area contributed by atoms with Gasteiger partial charge in [0, 0.05) is 5.41 Å². The van der Waals surface area contributed by atoms with Gasteiger partial charge in [-0.25, -0.2) is 0 Å². The number of allylic oxidation sites excluding steroid dienone is 4. The summed E-state index contributed by atoms with van der Waals surface area (Å²) in [6.07, 6.45) is 12.6. The Morgan fingerprint density at radius 3 is 2.76 bits per heavy atom. The number of carbonyl (C=O) groups is 1. The average molecular weight is 286 g/mol. The number of hydrogen-bond acceptors (Lipinski definition) is 2. The smallest absolute Gasteiger partial charge is 0.178 e. The highest BCUT2D eigenvalue weighted by atomic mass is 16.3. The second-order valence-electron chi connectivity index (χ2n) is 8.24. The summed E-state index contributed by atoms with van der Waals surface area (Å²) in [5, 5.41) is 10.4. The van der Waals surface area contributed by atoms with Crippen molar-refractivity contribution in [1.29, 1.82) is 0 Å². The van der Waals surface area contributed by atoms with Gasteiger partial charge >= 0.3 is 0 Å². The van der Waals surface area contributed by atoms with Gasteiger partial charge in [-0.05, 0) is 73.8 Å². The van der Waals surface area contributed by atoms with Crippen molar-refractivity contribution in [3.63, 3.8) is 0 Å². The summed E-state index contributed by atoms with van der Waals surface area (Å²) < 4.78 is 0. The molecule has 0 radical (unpaired) electrons. The molecule has 4 rings (SSSR count). The molecule has 0 unspecified atom stereocenters. The molecule has 0 aromatic carbocycles. The second-order valence-corrected chi connectivity index (χ2v) is 8.24. The molecule has 0 amide bonds. The van der Waals surface area contributed by atoms with Crippen molar-refractivity contribution in [2.75, 3.05) is 0 Å². The zero-order valence-electron chi connectivity index (χ0n) is 13.1. The molecule has 3 fully saturated rings. The first-order valence-corrected chi connectivity index (χ1v) is 8.57. The molecule has 0 saturated heterocycles. The van der Waals surface area contributed by atoms with Gasteiger partial charge in [0.25, 0.3) is 0 Å². The van der Waals surface area contributed by atoms with Crippen molar-refractivity contribution in [2.24, 2.45) is 28.6 Å². The summed E-state index contributed by atoms with van der Waals surface area (Å²) in [5.41, 5.74) is 1.59.